The molecule has 2 heterocycles. The zero-order valence-corrected chi connectivity index (χ0v) is 13.5. The van der Waals surface area contributed by atoms with Crippen LogP contribution in [0.1, 0.15) is 44.2 Å². The molecule has 2 saturated heterocycles. The molecule has 0 amide bonds. The summed E-state index contributed by atoms with van der Waals surface area (Å²) in [5, 5.41) is 3.77. The SMILES string of the molecule is CCOC(=O)[C@H]1CC2C3Cc4ccccc4[C@]2(CC)CC1N3. The van der Waals surface area contributed by atoms with E-state index in [1.165, 1.54) is 12.0 Å². The fourth-order valence-corrected chi connectivity index (χ4v) is 5.50. The number of benzene rings is 1. The summed E-state index contributed by atoms with van der Waals surface area (Å²) in [4.78, 5) is 12.3. The third kappa shape index (κ3) is 1.81. The van der Waals surface area contributed by atoms with Crippen molar-refractivity contribution in [3.05, 3.63) is 35.4 Å². The van der Waals surface area contributed by atoms with Crippen LogP contribution >= 0.6 is 0 Å². The molecular weight excluding hydrogens is 274 g/mol. The third-order valence-corrected chi connectivity index (χ3v) is 6.42. The summed E-state index contributed by atoms with van der Waals surface area (Å²) in [7, 11) is 0. The van der Waals surface area contributed by atoms with E-state index in [0.29, 0.717) is 18.6 Å². The second kappa shape index (κ2) is 5.09. The second-order valence-electron chi connectivity index (χ2n) is 7.16. The molecule has 1 aromatic carbocycles. The lowest BCUT2D eigenvalue weighted by Crippen LogP contribution is -2.69. The smallest absolute Gasteiger partial charge is 0.310 e. The minimum Gasteiger partial charge on any atom is -0.466 e. The third-order valence-electron chi connectivity index (χ3n) is 6.42. The highest BCUT2D eigenvalue weighted by atomic mass is 16.5. The molecule has 1 saturated carbocycles. The summed E-state index contributed by atoms with van der Waals surface area (Å²) in [5.74, 6) is 0.611. The quantitative estimate of drug-likeness (QED) is 0.872. The molecule has 0 spiro atoms. The number of carbonyl (C=O) groups is 1. The van der Waals surface area contributed by atoms with Crippen LogP contribution in [0.25, 0.3) is 0 Å². The maximum Gasteiger partial charge on any atom is 0.310 e. The Bertz CT molecular complexity index is 599. The molecule has 4 bridgehead atoms. The molecule has 5 rings (SSSR count). The average Bonchev–Trinajstić information content (AvgIpc) is 2.54. The van der Waals surface area contributed by atoms with Gasteiger partial charge < -0.3 is 10.1 Å². The Morgan fingerprint density at radius 3 is 2.86 bits per heavy atom. The number of rotatable bonds is 3. The molecule has 5 atom stereocenters. The first-order chi connectivity index (χ1) is 10.7. The topological polar surface area (TPSA) is 38.3 Å². The first-order valence-corrected chi connectivity index (χ1v) is 8.70. The molecule has 3 heteroatoms. The van der Waals surface area contributed by atoms with E-state index >= 15 is 0 Å². The van der Waals surface area contributed by atoms with Gasteiger partial charge >= 0.3 is 5.97 Å². The Kier molecular flexibility index (Phi) is 3.30. The lowest BCUT2D eigenvalue weighted by molar-refractivity contribution is -0.155. The van der Waals surface area contributed by atoms with Crippen LogP contribution in [-0.4, -0.2) is 24.7 Å². The highest BCUT2D eigenvalue weighted by Gasteiger charge is 2.59. The molecule has 3 nitrogen and oxygen atoms in total. The lowest BCUT2D eigenvalue weighted by atomic mass is 9.49. The highest BCUT2D eigenvalue weighted by Crippen LogP contribution is 2.56. The van der Waals surface area contributed by atoms with Crippen LogP contribution < -0.4 is 5.32 Å². The predicted molar refractivity (Wildman–Crippen MR) is 85.7 cm³/mol. The van der Waals surface area contributed by atoms with Gasteiger partial charge in [-0.1, -0.05) is 31.2 Å². The zero-order valence-electron chi connectivity index (χ0n) is 13.5. The molecule has 2 aliphatic heterocycles. The van der Waals surface area contributed by atoms with Crippen molar-refractivity contribution in [2.24, 2.45) is 11.8 Å². The van der Waals surface area contributed by atoms with Crippen molar-refractivity contribution in [3.63, 3.8) is 0 Å². The largest absolute Gasteiger partial charge is 0.466 e. The molecule has 3 fully saturated rings. The Morgan fingerprint density at radius 1 is 1.32 bits per heavy atom. The Labute approximate surface area is 132 Å². The molecule has 3 unspecified atom stereocenters. The van der Waals surface area contributed by atoms with E-state index in [0.717, 1.165) is 19.3 Å². The van der Waals surface area contributed by atoms with Crippen molar-refractivity contribution in [2.75, 3.05) is 6.61 Å². The lowest BCUT2D eigenvalue weighted by Gasteiger charge is -2.61. The van der Waals surface area contributed by atoms with E-state index in [1.807, 2.05) is 6.92 Å². The number of hydrogen-bond acceptors (Lipinski definition) is 3. The van der Waals surface area contributed by atoms with Crippen molar-refractivity contribution in [3.8, 4) is 0 Å². The van der Waals surface area contributed by atoms with Crippen LogP contribution in [0.4, 0.5) is 0 Å². The van der Waals surface area contributed by atoms with E-state index in [-0.39, 0.29) is 23.3 Å². The number of fused-ring (bicyclic) bond motifs is 2. The maximum atomic E-state index is 12.3. The number of carbonyl (C=O) groups excluding carboxylic acids is 1. The van der Waals surface area contributed by atoms with E-state index < -0.39 is 0 Å². The summed E-state index contributed by atoms with van der Waals surface area (Å²) in [5.41, 5.74) is 3.32. The van der Waals surface area contributed by atoms with Crippen LogP contribution in [0.15, 0.2) is 24.3 Å². The molecule has 118 valence electrons. The number of hydrogen-bond donors (Lipinski definition) is 1. The van der Waals surface area contributed by atoms with Gasteiger partial charge in [-0.05, 0) is 49.7 Å². The van der Waals surface area contributed by atoms with Crippen LogP contribution in [0.5, 0.6) is 0 Å². The number of nitrogens with one attached hydrogen (secondary N) is 1. The van der Waals surface area contributed by atoms with Crippen LogP contribution in [0.2, 0.25) is 0 Å². The van der Waals surface area contributed by atoms with Gasteiger partial charge in [0, 0.05) is 17.5 Å². The molecule has 22 heavy (non-hydrogen) atoms. The fraction of sp³-hybridized carbons (Fsp3) is 0.632. The Morgan fingerprint density at radius 2 is 2.14 bits per heavy atom. The predicted octanol–water partition coefficient (Wildman–Crippen LogP) is 2.82. The number of piperidine rings is 2. The van der Waals surface area contributed by atoms with Crippen molar-refractivity contribution < 1.29 is 9.53 Å². The van der Waals surface area contributed by atoms with E-state index in [4.69, 9.17) is 4.74 Å². The first kappa shape index (κ1) is 14.3. The van der Waals surface area contributed by atoms with Crippen LogP contribution in [-0.2, 0) is 21.4 Å². The Balaban J connectivity index is 1.72. The van der Waals surface area contributed by atoms with Gasteiger partial charge in [0.05, 0.1) is 12.5 Å². The van der Waals surface area contributed by atoms with E-state index in [2.05, 4.69) is 36.5 Å². The fourth-order valence-electron chi connectivity index (χ4n) is 5.50. The molecule has 4 aliphatic rings. The van der Waals surface area contributed by atoms with Crippen molar-refractivity contribution in [1.82, 2.24) is 5.32 Å². The van der Waals surface area contributed by atoms with Gasteiger partial charge in [0.1, 0.15) is 0 Å². The van der Waals surface area contributed by atoms with Gasteiger partial charge in [0.2, 0.25) is 0 Å². The van der Waals surface area contributed by atoms with Gasteiger partial charge in [-0.15, -0.1) is 0 Å². The van der Waals surface area contributed by atoms with Gasteiger partial charge in [-0.2, -0.15) is 0 Å². The average molecular weight is 299 g/mol. The number of ether oxygens (including phenoxy) is 1. The molecular formula is C19H25NO2. The Hall–Kier alpha value is -1.35. The van der Waals surface area contributed by atoms with Crippen molar-refractivity contribution in [1.29, 1.82) is 0 Å². The van der Waals surface area contributed by atoms with E-state index in [1.54, 1.807) is 5.56 Å². The monoisotopic (exact) mass is 299 g/mol. The first-order valence-electron chi connectivity index (χ1n) is 8.70. The summed E-state index contributed by atoms with van der Waals surface area (Å²) in [6.45, 7) is 4.70. The van der Waals surface area contributed by atoms with Gasteiger partial charge in [-0.25, -0.2) is 0 Å². The van der Waals surface area contributed by atoms with Crippen molar-refractivity contribution in [2.45, 2.75) is 57.0 Å². The van der Waals surface area contributed by atoms with Gasteiger partial charge in [0.15, 0.2) is 0 Å². The number of esters is 1. The zero-order chi connectivity index (χ0) is 15.3. The summed E-state index contributed by atoms with van der Waals surface area (Å²) >= 11 is 0. The minimum absolute atomic E-state index is 0.00186. The van der Waals surface area contributed by atoms with Crippen LogP contribution in [0.3, 0.4) is 0 Å². The van der Waals surface area contributed by atoms with E-state index in [9.17, 15) is 4.79 Å². The molecule has 0 radical (unpaired) electrons. The standard InChI is InChI=1S/C19H25NO2/c1-3-19-11-17-13(18(21)22-4-2)10-15(19)16(20-17)9-12-7-5-6-8-14(12)19/h5-8,13,15-17,20H,3-4,9-11H2,1-2H3/t13-,15?,16?,17?,19-/m0/s1. The molecule has 2 aliphatic carbocycles. The van der Waals surface area contributed by atoms with Crippen LogP contribution in [0, 0.1) is 11.8 Å². The van der Waals surface area contributed by atoms with Gasteiger partial charge in [0.25, 0.3) is 0 Å². The minimum atomic E-state index is 0.00186. The van der Waals surface area contributed by atoms with Crippen molar-refractivity contribution >= 4 is 5.97 Å². The van der Waals surface area contributed by atoms with Gasteiger partial charge in [-0.3, -0.25) is 4.79 Å². The highest BCUT2D eigenvalue weighted by molar-refractivity contribution is 5.74. The summed E-state index contributed by atoms with van der Waals surface area (Å²) in [6, 6.07) is 9.75. The normalized spacial score (nSPS) is 38.5. The molecule has 0 aromatic heterocycles. The maximum absolute atomic E-state index is 12.3. The molecule has 1 aromatic rings. The summed E-state index contributed by atoms with van der Waals surface area (Å²) in [6.07, 6.45) is 4.34. The second-order valence-corrected chi connectivity index (χ2v) is 7.16. The molecule has 1 N–H and O–H groups in total. The summed E-state index contributed by atoms with van der Waals surface area (Å²) < 4.78 is 5.31.